The fourth-order valence-electron chi connectivity index (χ4n) is 3.35. The van der Waals surface area contributed by atoms with E-state index >= 15 is 0 Å². The van der Waals surface area contributed by atoms with E-state index in [-0.39, 0.29) is 36.6 Å². The van der Waals surface area contributed by atoms with Gasteiger partial charge in [0.1, 0.15) is 11.4 Å². The van der Waals surface area contributed by atoms with Crippen LogP contribution in [0.25, 0.3) is 0 Å². The lowest BCUT2D eigenvalue weighted by Gasteiger charge is -2.36. The first-order valence-electron chi connectivity index (χ1n) is 10.2. The molecule has 0 aliphatic carbocycles. The maximum absolute atomic E-state index is 13.1. The monoisotopic (exact) mass is 525 g/mol. The van der Waals surface area contributed by atoms with Crippen LogP contribution in [-0.4, -0.2) is 68.9 Å². The summed E-state index contributed by atoms with van der Waals surface area (Å²) in [5.74, 6) is -1.15. The Labute approximate surface area is 197 Å². The Morgan fingerprint density at radius 1 is 1.03 bits per heavy atom. The zero-order valence-corrected chi connectivity index (χ0v) is 19.3. The largest absolute Gasteiger partial charge is 0.480 e. The van der Waals surface area contributed by atoms with Gasteiger partial charge in [-0.3, -0.25) is 4.79 Å². The third kappa shape index (κ3) is 6.35. The Hall–Kier alpha value is -3.03. The van der Waals surface area contributed by atoms with E-state index in [9.17, 15) is 39.6 Å². The highest BCUT2D eigenvalue weighted by Crippen LogP contribution is 2.31. The smallest absolute Gasteiger partial charge is 0.433 e. The van der Waals surface area contributed by atoms with Gasteiger partial charge in [-0.1, -0.05) is 0 Å². The molecule has 1 amide bonds. The molecule has 1 aromatic heterocycles. The maximum Gasteiger partial charge on any atom is 0.433 e. The van der Waals surface area contributed by atoms with E-state index in [2.05, 4.69) is 4.98 Å². The molecule has 1 atom stereocenters. The van der Waals surface area contributed by atoms with Gasteiger partial charge in [-0.15, -0.1) is 0 Å². The Bertz CT molecular complexity index is 1180. The Morgan fingerprint density at radius 3 is 2.14 bits per heavy atom. The first kappa shape index (κ1) is 26.6. The lowest BCUT2D eigenvalue weighted by Crippen LogP contribution is -2.49. The summed E-state index contributed by atoms with van der Waals surface area (Å²) < 4.78 is 106. The van der Waals surface area contributed by atoms with Crippen molar-refractivity contribution in [1.82, 2.24) is 9.88 Å². The van der Waals surface area contributed by atoms with Crippen LogP contribution in [0.2, 0.25) is 0 Å². The number of amides is 1. The maximum atomic E-state index is 13.1. The molecule has 0 saturated carbocycles. The molecule has 0 N–H and O–H groups in total. The summed E-state index contributed by atoms with van der Waals surface area (Å²) in [6.45, 7) is 1.34. The number of alkyl halides is 6. The normalized spacial score (nSPS) is 16.2. The van der Waals surface area contributed by atoms with Crippen molar-refractivity contribution in [2.45, 2.75) is 30.3 Å². The molecule has 0 spiro atoms. The summed E-state index contributed by atoms with van der Waals surface area (Å²) in [7, 11) is -3.77. The second kappa shape index (κ2) is 9.55. The van der Waals surface area contributed by atoms with Gasteiger partial charge < -0.3 is 14.5 Å². The van der Waals surface area contributed by atoms with Gasteiger partial charge in [0.25, 0.3) is 5.91 Å². The van der Waals surface area contributed by atoms with E-state index in [1.54, 1.807) is 4.90 Å². The molecule has 35 heavy (non-hydrogen) atoms. The minimum Gasteiger partial charge on any atom is -0.480 e. The van der Waals surface area contributed by atoms with Gasteiger partial charge in [0, 0.05) is 32.4 Å². The number of carbonyl (C=O) groups is 1. The number of nitrogens with zero attached hydrogens (tertiary/aromatic N) is 3. The van der Waals surface area contributed by atoms with Crippen molar-refractivity contribution in [3.05, 3.63) is 47.8 Å². The lowest BCUT2D eigenvalue weighted by molar-refractivity contribution is -0.189. The summed E-state index contributed by atoms with van der Waals surface area (Å²) >= 11 is 0. The molecule has 2 heterocycles. The second-order valence-electron chi connectivity index (χ2n) is 7.91. The number of carbonyl (C=O) groups excluding carboxylic acids is 1. The third-order valence-corrected chi connectivity index (χ3v) is 6.45. The molecular formula is C21H21F6N3O4S. The average Bonchev–Trinajstić information content (AvgIpc) is 2.77. The van der Waals surface area contributed by atoms with Crippen LogP contribution in [0.1, 0.15) is 23.0 Å². The van der Waals surface area contributed by atoms with Crippen LogP contribution < -0.4 is 9.64 Å². The van der Waals surface area contributed by atoms with Crippen LogP contribution in [0.15, 0.2) is 41.4 Å². The highest BCUT2D eigenvalue weighted by molar-refractivity contribution is 7.90. The summed E-state index contributed by atoms with van der Waals surface area (Å²) in [5, 5.41) is 0. The Morgan fingerprint density at radius 2 is 1.66 bits per heavy atom. The number of aromatic nitrogens is 1. The van der Waals surface area contributed by atoms with Gasteiger partial charge in [-0.2, -0.15) is 26.3 Å². The standard InChI is InChI=1S/C21H21F6N3O4S/c1-13(20(22,23)24)34-17-5-4-15(35(2,32)33)11-16(17)19(31)30-9-7-29(8-10-30)14-3-6-18(28-12-14)21(25,26)27/h3-6,11-13H,7-10H2,1-2H3. The summed E-state index contributed by atoms with van der Waals surface area (Å²) in [6.07, 6.45) is -9.57. The number of rotatable bonds is 5. The first-order valence-corrected chi connectivity index (χ1v) is 12.1. The zero-order valence-electron chi connectivity index (χ0n) is 18.5. The van der Waals surface area contributed by atoms with E-state index in [4.69, 9.17) is 4.74 Å². The number of anilines is 1. The molecule has 2 aromatic rings. The summed E-state index contributed by atoms with van der Waals surface area (Å²) in [4.78, 5) is 19.3. The van der Waals surface area contributed by atoms with Crippen LogP contribution in [0.5, 0.6) is 5.75 Å². The molecule has 7 nitrogen and oxygen atoms in total. The molecular weight excluding hydrogens is 504 g/mol. The van der Waals surface area contributed by atoms with Gasteiger partial charge in [0.2, 0.25) is 0 Å². The molecule has 14 heteroatoms. The fraction of sp³-hybridized carbons (Fsp3) is 0.429. The molecule has 1 fully saturated rings. The highest BCUT2D eigenvalue weighted by atomic mass is 32.2. The van der Waals surface area contributed by atoms with Gasteiger partial charge in [-0.25, -0.2) is 13.4 Å². The summed E-state index contributed by atoms with van der Waals surface area (Å²) in [6, 6.07) is 5.14. The molecule has 1 aliphatic rings. The number of piperazine rings is 1. The topological polar surface area (TPSA) is 79.8 Å². The van der Waals surface area contributed by atoms with Crippen molar-refractivity contribution in [2.75, 3.05) is 37.3 Å². The molecule has 1 saturated heterocycles. The number of sulfone groups is 1. The van der Waals surface area contributed by atoms with Crippen LogP contribution in [-0.2, 0) is 16.0 Å². The average molecular weight is 525 g/mol. The minimum atomic E-state index is -4.71. The van der Waals surface area contributed by atoms with Gasteiger partial charge in [-0.05, 0) is 37.3 Å². The fourth-order valence-corrected chi connectivity index (χ4v) is 3.99. The van der Waals surface area contributed by atoms with Crippen molar-refractivity contribution >= 4 is 21.4 Å². The molecule has 3 rings (SSSR count). The lowest BCUT2D eigenvalue weighted by atomic mass is 10.1. The number of benzene rings is 1. The van der Waals surface area contributed by atoms with E-state index in [1.165, 1.54) is 11.0 Å². The van der Waals surface area contributed by atoms with E-state index < -0.39 is 45.6 Å². The van der Waals surface area contributed by atoms with Crippen LogP contribution >= 0.6 is 0 Å². The zero-order chi connectivity index (χ0) is 26.2. The van der Waals surface area contributed by atoms with Crippen molar-refractivity contribution in [3.63, 3.8) is 0 Å². The second-order valence-corrected chi connectivity index (χ2v) is 9.93. The number of hydrogen-bond donors (Lipinski definition) is 0. The summed E-state index contributed by atoms with van der Waals surface area (Å²) in [5.41, 5.74) is -0.970. The highest BCUT2D eigenvalue weighted by Gasteiger charge is 2.39. The molecule has 1 unspecified atom stereocenters. The molecule has 0 radical (unpaired) electrons. The quantitative estimate of drug-likeness (QED) is 0.553. The van der Waals surface area contributed by atoms with Gasteiger partial charge in [0.15, 0.2) is 15.9 Å². The van der Waals surface area contributed by atoms with Gasteiger partial charge in [0.05, 0.1) is 22.3 Å². The predicted octanol–water partition coefficient (Wildman–Crippen LogP) is 3.80. The first-order chi connectivity index (χ1) is 16.1. The molecule has 192 valence electrons. The predicted molar refractivity (Wildman–Crippen MR) is 113 cm³/mol. The Kier molecular flexibility index (Phi) is 7.25. The van der Waals surface area contributed by atoms with Crippen molar-refractivity contribution in [3.8, 4) is 5.75 Å². The number of hydrogen-bond acceptors (Lipinski definition) is 6. The van der Waals surface area contributed by atoms with E-state index in [1.807, 2.05) is 0 Å². The number of pyridine rings is 1. The van der Waals surface area contributed by atoms with E-state index in [0.29, 0.717) is 5.69 Å². The number of halogens is 6. The third-order valence-electron chi connectivity index (χ3n) is 5.34. The van der Waals surface area contributed by atoms with Gasteiger partial charge >= 0.3 is 12.4 Å². The van der Waals surface area contributed by atoms with Crippen molar-refractivity contribution in [2.24, 2.45) is 0 Å². The van der Waals surface area contributed by atoms with Crippen molar-refractivity contribution in [1.29, 1.82) is 0 Å². The van der Waals surface area contributed by atoms with E-state index in [0.717, 1.165) is 43.6 Å². The minimum absolute atomic E-state index is 0.0806. The molecule has 1 aliphatic heterocycles. The SMILES string of the molecule is CC(Oc1ccc(S(C)(=O)=O)cc1C(=O)N1CCN(c2ccc(C(F)(F)F)nc2)CC1)C(F)(F)F. The molecule has 1 aromatic carbocycles. The van der Waals surface area contributed by atoms with Crippen LogP contribution in [0, 0.1) is 0 Å². The van der Waals surface area contributed by atoms with Crippen LogP contribution in [0.4, 0.5) is 32.0 Å². The van der Waals surface area contributed by atoms with Crippen molar-refractivity contribution < 1.29 is 44.3 Å². The molecule has 0 bridgehead atoms. The van der Waals surface area contributed by atoms with Crippen LogP contribution in [0.3, 0.4) is 0 Å². The number of ether oxygens (including phenoxy) is 1. The Balaban J connectivity index is 1.79.